The number of carbonyl (C=O) groups excluding carboxylic acids is 1. The number of hydrogen-bond donors (Lipinski definition) is 1. The van der Waals surface area contributed by atoms with E-state index in [9.17, 15) is 4.79 Å². The Kier molecular flexibility index (Phi) is 4.18. The van der Waals surface area contributed by atoms with Gasteiger partial charge in [0.25, 0.3) is 0 Å². The molecule has 1 saturated heterocycles. The van der Waals surface area contributed by atoms with Gasteiger partial charge in [0, 0.05) is 19.1 Å². The highest BCUT2D eigenvalue weighted by molar-refractivity contribution is 7.07. The number of rotatable bonds is 4. The van der Waals surface area contributed by atoms with Gasteiger partial charge in [-0.05, 0) is 48.6 Å². The van der Waals surface area contributed by atoms with Gasteiger partial charge >= 0.3 is 0 Å². The Hall–Kier alpha value is -0.870. The molecule has 3 nitrogen and oxygen atoms in total. The standard InChI is InChI=1S/C13H20N2OS/c1-3-14-13(16)8-15-7-12(6-10(15)2)11-4-5-17-9-11/h4-5,9-10,12H,3,6-8H2,1-2H3,(H,14,16). The maximum Gasteiger partial charge on any atom is 0.234 e. The minimum absolute atomic E-state index is 0.144. The molecule has 94 valence electrons. The van der Waals surface area contributed by atoms with Crippen LogP contribution in [-0.2, 0) is 4.79 Å². The number of hydrogen-bond acceptors (Lipinski definition) is 3. The average Bonchev–Trinajstić information content (AvgIpc) is 2.89. The second-order valence-corrected chi connectivity index (χ2v) is 5.50. The first-order valence-electron chi connectivity index (χ1n) is 6.23. The molecule has 0 saturated carbocycles. The van der Waals surface area contributed by atoms with E-state index < -0.39 is 0 Å². The van der Waals surface area contributed by atoms with Crippen molar-refractivity contribution in [1.29, 1.82) is 0 Å². The molecular weight excluding hydrogens is 232 g/mol. The molecule has 2 atom stereocenters. The van der Waals surface area contributed by atoms with Crippen molar-refractivity contribution in [2.75, 3.05) is 19.6 Å². The monoisotopic (exact) mass is 252 g/mol. The maximum absolute atomic E-state index is 11.6. The molecule has 1 fully saturated rings. The molecule has 1 aliphatic rings. The third-order valence-electron chi connectivity index (χ3n) is 3.44. The lowest BCUT2D eigenvalue weighted by atomic mass is 10.00. The van der Waals surface area contributed by atoms with E-state index in [0.717, 1.165) is 19.5 Å². The Morgan fingerprint density at radius 3 is 3.12 bits per heavy atom. The number of thiophene rings is 1. The fourth-order valence-electron chi connectivity index (χ4n) is 2.51. The Labute approximate surface area is 107 Å². The second kappa shape index (κ2) is 5.65. The van der Waals surface area contributed by atoms with Crippen molar-refractivity contribution < 1.29 is 4.79 Å². The van der Waals surface area contributed by atoms with Crippen molar-refractivity contribution in [3.8, 4) is 0 Å². The molecule has 0 bridgehead atoms. The van der Waals surface area contributed by atoms with Crippen LogP contribution >= 0.6 is 11.3 Å². The van der Waals surface area contributed by atoms with Crippen LogP contribution in [0.2, 0.25) is 0 Å². The molecular formula is C13H20N2OS. The molecule has 17 heavy (non-hydrogen) atoms. The van der Waals surface area contributed by atoms with Gasteiger partial charge in [0.1, 0.15) is 0 Å². The molecule has 2 unspecified atom stereocenters. The second-order valence-electron chi connectivity index (χ2n) is 4.72. The number of amides is 1. The Morgan fingerprint density at radius 2 is 2.47 bits per heavy atom. The Bertz CT molecular complexity index is 364. The van der Waals surface area contributed by atoms with Crippen LogP contribution < -0.4 is 5.32 Å². The van der Waals surface area contributed by atoms with Crippen molar-refractivity contribution in [3.63, 3.8) is 0 Å². The molecule has 2 rings (SSSR count). The first-order chi connectivity index (χ1) is 8.20. The van der Waals surface area contributed by atoms with Crippen molar-refractivity contribution in [1.82, 2.24) is 10.2 Å². The van der Waals surface area contributed by atoms with Crippen molar-refractivity contribution in [2.24, 2.45) is 0 Å². The van der Waals surface area contributed by atoms with Gasteiger partial charge in [0.05, 0.1) is 6.54 Å². The van der Waals surface area contributed by atoms with Crippen LogP contribution in [0, 0.1) is 0 Å². The summed E-state index contributed by atoms with van der Waals surface area (Å²) >= 11 is 1.75. The molecule has 1 aromatic rings. The Balaban J connectivity index is 1.91. The molecule has 4 heteroatoms. The fraction of sp³-hybridized carbons (Fsp3) is 0.615. The van der Waals surface area contributed by atoms with Gasteiger partial charge in [0.15, 0.2) is 0 Å². The van der Waals surface area contributed by atoms with Gasteiger partial charge in [-0.2, -0.15) is 11.3 Å². The van der Waals surface area contributed by atoms with Gasteiger partial charge in [-0.3, -0.25) is 9.69 Å². The number of nitrogens with one attached hydrogen (secondary N) is 1. The summed E-state index contributed by atoms with van der Waals surface area (Å²) in [5, 5.41) is 7.22. The SMILES string of the molecule is CCNC(=O)CN1CC(c2ccsc2)CC1C. The van der Waals surface area contributed by atoms with E-state index in [1.165, 1.54) is 5.56 Å². The number of nitrogens with zero attached hydrogens (tertiary/aromatic N) is 1. The number of carbonyl (C=O) groups is 1. The van der Waals surface area contributed by atoms with Gasteiger partial charge in [-0.25, -0.2) is 0 Å². The lowest BCUT2D eigenvalue weighted by Gasteiger charge is -2.19. The van der Waals surface area contributed by atoms with Gasteiger partial charge in [0.2, 0.25) is 5.91 Å². The summed E-state index contributed by atoms with van der Waals surface area (Å²) in [5.41, 5.74) is 1.43. The van der Waals surface area contributed by atoms with E-state index in [1.54, 1.807) is 11.3 Å². The minimum Gasteiger partial charge on any atom is -0.355 e. The zero-order chi connectivity index (χ0) is 12.3. The van der Waals surface area contributed by atoms with E-state index in [-0.39, 0.29) is 5.91 Å². The van der Waals surface area contributed by atoms with Gasteiger partial charge < -0.3 is 5.32 Å². The smallest absolute Gasteiger partial charge is 0.234 e. The Morgan fingerprint density at radius 1 is 1.65 bits per heavy atom. The van der Waals surface area contributed by atoms with Crippen LogP contribution in [0.1, 0.15) is 31.7 Å². The quantitative estimate of drug-likeness (QED) is 0.889. The number of likely N-dealkylation sites (N-methyl/N-ethyl adjacent to an activating group) is 1. The van der Waals surface area contributed by atoms with Crippen LogP contribution in [0.4, 0.5) is 0 Å². The first kappa shape index (κ1) is 12.6. The average molecular weight is 252 g/mol. The highest BCUT2D eigenvalue weighted by atomic mass is 32.1. The molecule has 1 aromatic heterocycles. The van der Waals surface area contributed by atoms with Gasteiger partial charge in [-0.15, -0.1) is 0 Å². The molecule has 0 aromatic carbocycles. The van der Waals surface area contributed by atoms with Crippen molar-refractivity contribution in [3.05, 3.63) is 22.4 Å². The zero-order valence-corrected chi connectivity index (χ0v) is 11.3. The van der Waals surface area contributed by atoms with Crippen LogP contribution in [0.25, 0.3) is 0 Å². The fourth-order valence-corrected chi connectivity index (χ4v) is 3.25. The molecule has 1 amide bonds. The first-order valence-corrected chi connectivity index (χ1v) is 7.17. The van der Waals surface area contributed by atoms with E-state index in [1.807, 2.05) is 6.92 Å². The normalized spacial score (nSPS) is 25.1. The highest BCUT2D eigenvalue weighted by Crippen LogP contribution is 2.32. The van der Waals surface area contributed by atoms with Crippen LogP contribution in [0.3, 0.4) is 0 Å². The third-order valence-corrected chi connectivity index (χ3v) is 4.14. The molecule has 0 radical (unpaired) electrons. The summed E-state index contributed by atoms with van der Waals surface area (Å²) in [4.78, 5) is 13.9. The van der Waals surface area contributed by atoms with E-state index in [2.05, 4.69) is 34.0 Å². The van der Waals surface area contributed by atoms with Gasteiger partial charge in [-0.1, -0.05) is 0 Å². The molecule has 1 N–H and O–H groups in total. The molecule has 0 aliphatic carbocycles. The van der Waals surface area contributed by atoms with Crippen molar-refractivity contribution >= 4 is 17.2 Å². The summed E-state index contributed by atoms with van der Waals surface area (Å²) in [5.74, 6) is 0.746. The molecule has 1 aliphatic heterocycles. The summed E-state index contributed by atoms with van der Waals surface area (Å²) < 4.78 is 0. The summed E-state index contributed by atoms with van der Waals surface area (Å²) in [6, 6.07) is 2.71. The van der Waals surface area contributed by atoms with Crippen LogP contribution in [0.15, 0.2) is 16.8 Å². The predicted octanol–water partition coefficient (Wildman–Crippen LogP) is 2.06. The zero-order valence-electron chi connectivity index (χ0n) is 10.5. The lowest BCUT2D eigenvalue weighted by Crippen LogP contribution is -2.38. The minimum atomic E-state index is 0.144. The van der Waals surface area contributed by atoms with E-state index >= 15 is 0 Å². The highest BCUT2D eigenvalue weighted by Gasteiger charge is 2.31. The predicted molar refractivity (Wildman–Crippen MR) is 71.4 cm³/mol. The molecule has 2 heterocycles. The summed E-state index contributed by atoms with van der Waals surface area (Å²) in [6.45, 7) is 6.44. The third kappa shape index (κ3) is 3.07. The largest absolute Gasteiger partial charge is 0.355 e. The summed E-state index contributed by atoms with van der Waals surface area (Å²) in [6.07, 6.45) is 1.16. The lowest BCUT2D eigenvalue weighted by molar-refractivity contribution is -0.122. The number of likely N-dealkylation sites (tertiary alicyclic amines) is 1. The van der Waals surface area contributed by atoms with E-state index in [0.29, 0.717) is 18.5 Å². The summed E-state index contributed by atoms with van der Waals surface area (Å²) in [7, 11) is 0. The molecule has 0 spiro atoms. The van der Waals surface area contributed by atoms with Crippen LogP contribution in [0.5, 0.6) is 0 Å². The van der Waals surface area contributed by atoms with Crippen LogP contribution in [-0.4, -0.2) is 36.5 Å². The topological polar surface area (TPSA) is 32.3 Å². The van der Waals surface area contributed by atoms with Crippen molar-refractivity contribution in [2.45, 2.75) is 32.2 Å². The maximum atomic E-state index is 11.6. The van der Waals surface area contributed by atoms with E-state index in [4.69, 9.17) is 0 Å².